The fourth-order valence-electron chi connectivity index (χ4n) is 5.74. The van der Waals surface area contributed by atoms with Crippen LogP contribution in [0.2, 0.25) is 31.3 Å². The van der Waals surface area contributed by atoms with E-state index in [9.17, 15) is 4.79 Å². The third kappa shape index (κ3) is 3.99. The van der Waals surface area contributed by atoms with E-state index in [4.69, 9.17) is 119 Å². The Hall–Kier alpha value is -0.641. The minimum Gasteiger partial charge on any atom is -0.494 e. The Bertz CT molecular complexity index is 1100. The lowest BCUT2D eigenvalue weighted by atomic mass is 9.04. The Kier molecular flexibility index (Phi) is 7.68. The second-order valence-corrected chi connectivity index (χ2v) is 10.2. The summed E-state index contributed by atoms with van der Waals surface area (Å²) in [5.74, 6) is -0.678. The average molecular weight is 455 g/mol. The molecular weight excluding hydrogens is 442 g/mol. The Labute approximate surface area is 238 Å². The van der Waals surface area contributed by atoms with Gasteiger partial charge in [-0.1, -0.05) is 5.21 Å². The molecule has 3 rings (SSSR count). The molecule has 0 amide bonds. The zero-order chi connectivity index (χ0) is 28.7. The molecule has 2 aliphatic rings. The highest BCUT2D eigenvalue weighted by molar-refractivity contribution is 6.73. The number of piperidine rings is 1. The zero-order valence-electron chi connectivity index (χ0n) is 21.0. The molecule has 1 aromatic carbocycles. The van der Waals surface area contributed by atoms with Crippen molar-refractivity contribution in [2.24, 2.45) is 0 Å². The van der Waals surface area contributed by atoms with Gasteiger partial charge in [0.15, 0.2) is 11.5 Å². The Morgan fingerprint density at radius 2 is 1.30 bits per heavy atom. The van der Waals surface area contributed by atoms with E-state index in [2.05, 4.69) is 0 Å². The highest BCUT2D eigenvalue weighted by atomic mass is 16.5. The number of nitrogens with zero attached hydrogens (tertiary/aromatic N) is 1. The van der Waals surface area contributed by atoms with Crippen molar-refractivity contribution >= 4 is 127 Å². The number of carbonyl (C=O) groups excluding carboxylic acids is 1. The number of methoxy groups -OCH3 is 2. The van der Waals surface area contributed by atoms with Gasteiger partial charge >= 0.3 is 0 Å². The van der Waals surface area contributed by atoms with Crippen molar-refractivity contribution in [2.45, 2.75) is 43.7 Å². The molecular formula is C19H13B14NO3. The van der Waals surface area contributed by atoms with E-state index in [1.54, 1.807) is 4.90 Å². The molecule has 2 heterocycles. The molecule has 0 N–H and O–H groups in total. The summed E-state index contributed by atoms with van der Waals surface area (Å²) >= 11 is 0. The van der Waals surface area contributed by atoms with Crippen LogP contribution in [0.5, 0.6) is 11.5 Å². The molecule has 0 bridgehead atoms. The van der Waals surface area contributed by atoms with Crippen LogP contribution in [0, 0.1) is 0 Å². The first-order chi connectivity index (χ1) is 16.6. The van der Waals surface area contributed by atoms with Crippen molar-refractivity contribution in [2.75, 3.05) is 27.3 Å². The molecule has 4 nitrogen and oxygen atoms in total. The number of Topliss-reactive ketones (excluding diaryl/α,β-unsaturated/α-hetero) is 1. The van der Waals surface area contributed by atoms with Crippen LogP contribution in [0.1, 0.15) is 17.2 Å². The van der Waals surface area contributed by atoms with Crippen LogP contribution < -0.4 is 20.4 Å². The molecule has 154 valence electrons. The van der Waals surface area contributed by atoms with Crippen LogP contribution in [-0.4, -0.2) is 148 Å². The van der Waals surface area contributed by atoms with Gasteiger partial charge in [-0.2, -0.15) is 0 Å². The second-order valence-electron chi connectivity index (χ2n) is 10.2. The number of carbonyl (C=O) groups is 1. The molecule has 2 atom stereocenters. The first-order valence-corrected chi connectivity index (χ1v) is 11.1. The highest BCUT2D eigenvalue weighted by Gasteiger charge is 2.65. The van der Waals surface area contributed by atoms with Gasteiger partial charge in [0.25, 0.3) is 0 Å². The van der Waals surface area contributed by atoms with Gasteiger partial charge in [0.1, 0.15) is 21.5 Å². The molecule has 0 aliphatic carbocycles. The van der Waals surface area contributed by atoms with E-state index >= 15 is 0 Å². The molecule has 0 aromatic heterocycles. The minimum absolute atomic E-state index is 0.116. The summed E-state index contributed by atoms with van der Waals surface area (Å²) in [5.41, 5.74) is 1.30. The van der Waals surface area contributed by atoms with Crippen molar-refractivity contribution in [3.63, 3.8) is 0 Å². The molecule has 1 aromatic rings. The quantitative estimate of drug-likeness (QED) is 0.406. The normalized spacial score (nSPS) is 24.6. The number of benzene rings is 1. The van der Waals surface area contributed by atoms with Gasteiger partial charge in [-0.05, 0) is 39.0 Å². The third-order valence-electron chi connectivity index (χ3n) is 7.79. The fourth-order valence-corrected chi connectivity index (χ4v) is 5.74. The van der Waals surface area contributed by atoms with Gasteiger partial charge < -0.3 is 14.3 Å². The maximum atomic E-state index is 14.1. The summed E-state index contributed by atoms with van der Waals surface area (Å²) in [6, 6.07) is -1.05. The van der Waals surface area contributed by atoms with Crippen molar-refractivity contribution in [1.29, 1.82) is 0 Å². The van der Waals surface area contributed by atoms with Gasteiger partial charge in [-0.3, -0.25) is 4.90 Å². The number of ketones is 1. The van der Waals surface area contributed by atoms with Gasteiger partial charge in [0.05, 0.1) is 108 Å². The molecule has 1 fully saturated rings. The third-order valence-corrected chi connectivity index (χ3v) is 7.79. The first-order valence-electron chi connectivity index (χ1n) is 11.1. The summed E-state index contributed by atoms with van der Waals surface area (Å²) in [5, 5.41) is -15.1. The number of ether oxygens (including phenoxy) is 2. The van der Waals surface area contributed by atoms with Crippen LogP contribution in [0.15, 0.2) is 0 Å². The van der Waals surface area contributed by atoms with Crippen molar-refractivity contribution in [1.82, 2.24) is 4.90 Å². The average Bonchev–Trinajstić information content (AvgIpc) is 2.76. The summed E-state index contributed by atoms with van der Waals surface area (Å²) in [6.45, 7) is -0.150. The van der Waals surface area contributed by atoms with E-state index in [-0.39, 0.29) is 35.5 Å². The lowest BCUT2D eigenvalue weighted by Gasteiger charge is -2.72. The summed E-state index contributed by atoms with van der Waals surface area (Å²) in [6.07, 6.45) is 0.321. The Balaban J connectivity index is 2.27. The van der Waals surface area contributed by atoms with Gasteiger partial charge in [0, 0.05) is 19.1 Å². The van der Waals surface area contributed by atoms with Crippen molar-refractivity contribution in [3.05, 3.63) is 11.1 Å². The van der Waals surface area contributed by atoms with Crippen LogP contribution >= 0.6 is 0 Å². The number of hydrogen-bond donors (Lipinski definition) is 0. The smallest absolute Gasteiger partial charge is 0.153 e. The monoisotopic (exact) mass is 457 g/mol. The minimum atomic E-state index is -2.68. The van der Waals surface area contributed by atoms with Crippen LogP contribution in [0.4, 0.5) is 0 Å². The Morgan fingerprint density at radius 3 is 1.73 bits per heavy atom. The predicted molar refractivity (Wildman–Crippen MR) is 159 cm³/mol. The maximum absolute atomic E-state index is 14.1. The number of rotatable bonds is 6. The highest BCUT2D eigenvalue weighted by Crippen LogP contribution is 2.76. The van der Waals surface area contributed by atoms with Gasteiger partial charge in [-0.15, -0.1) is 15.5 Å². The fraction of sp³-hybridized carbons (Fsp3) is 0.632. The summed E-state index contributed by atoms with van der Waals surface area (Å²) < 4.78 is 10.8. The van der Waals surface area contributed by atoms with Gasteiger partial charge in [0.2, 0.25) is 0 Å². The molecule has 0 spiro atoms. The van der Waals surface area contributed by atoms with Crippen LogP contribution in [0.3, 0.4) is 0 Å². The van der Waals surface area contributed by atoms with Gasteiger partial charge in [-0.25, -0.2) is 0 Å². The van der Waals surface area contributed by atoms with E-state index < -0.39 is 43.1 Å². The lowest BCUT2D eigenvalue weighted by molar-refractivity contribution is -0.130. The molecule has 2 unspecified atom stereocenters. The van der Waals surface area contributed by atoms with Crippen molar-refractivity contribution < 1.29 is 14.3 Å². The van der Waals surface area contributed by atoms with Crippen LogP contribution in [-0.2, 0) is 11.2 Å². The first kappa shape index (κ1) is 30.9. The van der Waals surface area contributed by atoms with E-state index in [0.29, 0.717) is 17.5 Å². The number of fused-ring (bicyclic) bond motifs is 3. The van der Waals surface area contributed by atoms with Crippen LogP contribution in [0.25, 0.3) is 0 Å². The lowest BCUT2D eigenvalue weighted by Crippen LogP contribution is -2.66. The summed E-state index contributed by atoms with van der Waals surface area (Å²) in [4.78, 5) is 15.7. The molecule has 18 heteroatoms. The molecule has 0 saturated carbocycles. The second kappa shape index (κ2) is 9.20. The molecule has 28 radical (unpaired) electrons. The zero-order valence-corrected chi connectivity index (χ0v) is 21.0. The number of hydrogen-bond acceptors (Lipinski definition) is 4. The Morgan fingerprint density at radius 1 is 0.838 bits per heavy atom. The summed E-state index contributed by atoms with van der Waals surface area (Å²) in [7, 11) is 89.8. The molecule has 37 heavy (non-hydrogen) atoms. The molecule has 1 saturated heterocycles. The van der Waals surface area contributed by atoms with E-state index in [1.165, 1.54) is 14.2 Å². The standard InChI is InChI=1S/C19H13B14NO3/c1-36-10-8(20)6-3-4-34-5-14(22,17(26,27)16(25,18(28,29)30)19(31,32)33)13(35)15(23,24)12(34)7(6)9(21)11(10)37-2/h12H,3-5H2,1-2H3. The largest absolute Gasteiger partial charge is 0.494 e. The van der Waals surface area contributed by atoms with Crippen molar-refractivity contribution in [3.8, 4) is 11.5 Å². The topological polar surface area (TPSA) is 38.8 Å². The van der Waals surface area contributed by atoms with E-state index in [0.717, 1.165) is 0 Å². The molecule has 2 aliphatic heterocycles. The predicted octanol–water partition coefficient (Wildman–Crippen LogP) is -4.51. The maximum Gasteiger partial charge on any atom is 0.153 e. The van der Waals surface area contributed by atoms with E-state index in [1.807, 2.05) is 0 Å². The SMILES string of the molecule is [B]c1c2c(c([B])c(OC)c1OC)C1N(CC2)CC([B])(C([B])([B])C([B])(C([B])([B])[B])C([B])([B])[B])C(=O)C1([B])[B].